The number of aryl methyl sites for hydroxylation is 1. The Morgan fingerprint density at radius 1 is 1.43 bits per heavy atom. The van der Waals surface area contributed by atoms with E-state index < -0.39 is 0 Å². The number of hydrogen-bond acceptors (Lipinski definition) is 2. The van der Waals surface area contributed by atoms with Crippen molar-refractivity contribution in [3.05, 3.63) is 33.3 Å². The van der Waals surface area contributed by atoms with Gasteiger partial charge in [-0.2, -0.15) is 0 Å². The molecule has 4 nitrogen and oxygen atoms in total. The van der Waals surface area contributed by atoms with Gasteiger partial charge in [0.2, 0.25) is 0 Å². The van der Waals surface area contributed by atoms with Crippen LogP contribution in [0, 0.1) is 12.8 Å². The maximum absolute atomic E-state index is 12.5. The van der Waals surface area contributed by atoms with Crippen LogP contribution in [0.15, 0.2) is 16.6 Å². The molecule has 1 aromatic rings. The number of carbonyl (C=O) groups is 1. The number of halogens is 1. The van der Waals surface area contributed by atoms with E-state index in [2.05, 4.69) is 47.2 Å². The van der Waals surface area contributed by atoms with E-state index in [1.165, 1.54) is 16.7 Å². The largest absolute Gasteiger partial charge is 0.381 e. The van der Waals surface area contributed by atoms with Crippen LogP contribution in [0.4, 0.5) is 4.79 Å². The molecule has 21 heavy (non-hydrogen) atoms. The van der Waals surface area contributed by atoms with E-state index >= 15 is 0 Å². The van der Waals surface area contributed by atoms with E-state index in [-0.39, 0.29) is 12.1 Å². The van der Waals surface area contributed by atoms with Gasteiger partial charge in [-0.25, -0.2) is 4.79 Å². The summed E-state index contributed by atoms with van der Waals surface area (Å²) >= 11 is 3.64. The second kappa shape index (κ2) is 5.97. The van der Waals surface area contributed by atoms with Gasteiger partial charge in [-0.1, -0.05) is 35.0 Å². The molecular weight excluding hydrogens is 332 g/mol. The number of benzene rings is 1. The van der Waals surface area contributed by atoms with Crippen LogP contribution < -0.4 is 5.32 Å². The molecule has 3 rings (SSSR count). The average Bonchev–Trinajstić information content (AvgIpc) is 2.90. The first-order chi connectivity index (χ1) is 10.1. The van der Waals surface area contributed by atoms with Gasteiger partial charge >= 0.3 is 6.03 Å². The standard InChI is InChI=1S/C16H21BrN2O2/c1-10-3-4-12-7-19(8-13(12)15(10)17)16(20)18-14-5-6-21-9-11(14)2/h3-4,11,14H,5-9H2,1-2H3,(H,18,20). The van der Waals surface area contributed by atoms with Crippen molar-refractivity contribution in [3.8, 4) is 0 Å². The molecule has 0 aromatic heterocycles. The van der Waals surface area contributed by atoms with E-state index in [0.29, 0.717) is 19.0 Å². The number of hydrogen-bond donors (Lipinski definition) is 1. The third kappa shape index (κ3) is 2.94. The van der Waals surface area contributed by atoms with Gasteiger partial charge in [0.25, 0.3) is 0 Å². The van der Waals surface area contributed by atoms with Crippen LogP contribution in [0.5, 0.6) is 0 Å². The van der Waals surface area contributed by atoms with Crippen molar-refractivity contribution in [3.63, 3.8) is 0 Å². The first-order valence-corrected chi connectivity index (χ1v) is 8.25. The van der Waals surface area contributed by atoms with Gasteiger partial charge in [0, 0.05) is 30.2 Å². The highest BCUT2D eigenvalue weighted by atomic mass is 79.9. The maximum Gasteiger partial charge on any atom is 0.318 e. The van der Waals surface area contributed by atoms with E-state index in [0.717, 1.165) is 24.1 Å². The number of urea groups is 1. The SMILES string of the molecule is Cc1ccc2c(c1Br)CN(C(=O)NC1CCOCC1C)C2. The normalized spacial score (nSPS) is 24.8. The molecule has 1 fully saturated rings. The maximum atomic E-state index is 12.5. The molecule has 0 radical (unpaired) electrons. The number of carbonyl (C=O) groups excluding carboxylic acids is 1. The molecule has 5 heteroatoms. The highest BCUT2D eigenvalue weighted by Gasteiger charge is 2.29. The third-order valence-electron chi connectivity index (χ3n) is 4.48. The van der Waals surface area contributed by atoms with Crippen LogP contribution >= 0.6 is 15.9 Å². The molecule has 1 N–H and O–H groups in total. The molecule has 2 amide bonds. The van der Waals surface area contributed by atoms with Gasteiger partial charge in [0.15, 0.2) is 0 Å². The lowest BCUT2D eigenvalue weighted by molar-refractivity contribution is 0.0402. The van der Waals surface area contributed by atoms with Crippen LogP contribution in [-0.4, -0.2) is 30.2 Å². The van der Waals surface area contributed by atoms with Gasteiger partial charge in [0.05, 0.1) is 6.61 Å². The Balaban J connectivity index is 1.66. The molecule has 114 valence electrons. The highest BCUT2D eigenvalue weighted by molar-refractivity contribution is 9.10. The van der Waals surface area contributed by atoms with Crippen LogP contribution in [0.25, 0.3) is 0 Å². The molecule has 2 aliphatic heterocycles. The Morgan fingerprint density at radius 2 is 2.24 bits per heavy atom. The minimum atomic E-state index is 0.0366. The van der Waals surface area contributed by atoms with Crippen molar-refractivity contribution in [2.24, 2.45) is 5.92 Å². The lowest BCUT2D eigenvalue weighted by Gasteiger charge is -2.31. The Labute approximate surface area is 134 Å². The summed E-state index contributed by atoms with van der Waals surface area (Å²) in [6, 6.07) is 4.49. The first kappa shape index (κ1) is 14.9. The van der Waals surface area contributed by atoms with E-state index in [1.807, 2.05) is 4.90 Å². The van der Waals surface area contributed by atoms with Crippen molar-refractivity contribution in [1.82, 2.24) is 10.2 Å². The number of rotatable bonds is 1. The second-order valence-corrected chi connectivity index (χ2v) is 6.88. The Kier molecular flexibility index (Phi) is 4.22. The predicted octanol–water partition coefficient (Wildman–Crippen LogP) is 3.21. The van der Waals surface area contributed by atoms with Crippen molar-refractivity contribution in [2.75, 3.05) is 13.2 Å². The minimum absolute atomic E-state index is 0.0366. The fourth-order valence-corrected chi connectivity index (χ4v) is 3.55. The fraction of sp³-hybridized carbons (Fsp3) is 0.562. The number of nitrogens with one attached hydrogen (secondary N) is 1. The van der Waals surface area contributed by atoms with Crippen LogP contribution in [0.3, 0.4) is 0 Å². The van der Waals surface area contributed by atoms with Gasteiger partial charge < -0.3 is 15.0 Å². The lowest BCUT2D eigenvalue weighted by Crippen LogP contribution is -2.48. The van der Waals surface area contributed by atoms with Crippen molar-refractivity contribution in [1.29, 1.82) is 0 Å². The number of fused-ring (bicyclic) bond motifs is 1. The van der Waals surface area contributed by atoms with Gasteiger partial charge in [-0.15, -0.1) is 0 Å². The summed E-state index contributed by atoms with van der Waals surface area (Å²) in [7, 11) is 0. The van der Waals surface area contributed by atoms with Crippen molar-refractivity contribution in [2.45, 2.75) is 39.4 Å². The first-order valence-electron chi connectivity index (χ1n) is 7.46. The molecule has 0 spiro atoms. The van der Waals surface area contributed by atoms with E-state index in [4.69, 9.17) is 4.74 Å². The van der Waals surface area contributed by atoms with Crippen molar-refractivity contribution < 1.29 is 9.53 Å². The number of nitrogens with zero attached hydrogens (tertiary/aromatic N) is 1. The highest BCUT2D eigenvalue weighted by Crippen LogP contribution is 2.32. The topological polar surface area (TPSA) is 41.6 Å². The Hall–Kier alpha value is -1.07. The average molecular weight is 353 g/mol. The van der Waals surface area contributed by atoms with Gasteiger partial charge in [-0.3, -0.25) is 0 Å². The van der Waals surface area contributed by atoms with Crippen LogP contribution in [0.1, 0.15) is 30.0 Å². The third-order valence-corrected chi connectivity index (χ3v) is 5.58. The zero-order valence-electron chi connectivity index (χ0n) is 12.5. The summed E-state index contributed by atoms with van der Waals surface area (Å²) in [5, 5.41) is 3.17. The molecule has 1 aromatic carbocycles. The molecule has 1 saturated heterocycles. The Bertz CT molecular complexity index is 561. The summed E-state index contributed by atoms with van der Waals surface area (Å²) in [5.41, 5.74) is 3.70. The molecule has 2 aliphatic rings. The molecule has 0 bridgehead atoms. The van der Waals surface area contributed by atoms with Gasteiger partial charge in [-0.05, 0) is 36.0 Å². The molecule has 2 heterocycles. The lowest BCUT2D eigenvalue weighted by atomic mass is 9.98. The zero-order chi connectivity index (χ0) is 15.0. The van der Waals surface area contributed by atoms with Crippen molar-refractivity contribution >= 4 is 22.0 Å². The second-order valence-electron chi connectivity index (χ2n) is 6.09. The summed E-state index contributed by atoms with van der Waals surface area (Å²) < 4.78 is 6.56. The quantitative estimate of drug-likeness (QED) is 0.842. The van der Waals surface area contributed by atoms with Crippen LogP contribution in [0.2, 0.25) is 0 Å². The molecule has 0 aliphatic carbocycles. The number of amides is 2. The zero-order valence-corrected chi connectivity index (χ0v) is 14.1. The van der Waals surface area contributed by atoms with E-state index in [1.54, 1.807) is 0 Å². The monoisotopic (exact) mass is 352 g/mol. The molecule has 0 saturated carbocycles. The van der Waals surface area contributed by atoms with Gasteiger partial charge in [0.1, 0.15) is 0 Å². The van der Waals surface area contributed by atoms with E-state index in [9.17, 15) is 4.79 Å². The molecular formula is C16H21BrN2O2. The molecule has 2 atom stereocenters. The molecule has 2 unspecified atom stereocenters. The minimum Gasteiger partial charge on any atom is -0.381 e. The van der Waals surface area contributed by atoms with Crippen LogP contribution in [-0.2, 0) is 17.8 Å². The summed E-state index contributed by atoms with van der Waals surface area (Å²) in [5.74, 6) is 0.377. The fourth-order valence-electron chi connectivity index (χ4n) is 3.04. The summed E-state index contributed by atoms with van der Waals surface area (Å²) in [4.78, 5) is 14.4. The predicted molar refractivity (Wildman–Crippen MR) is 85.0 cm³/mol. The number of ether oxygens (including phenoxy) is 1. The Morgan fingerprint density at radius 3 is 3.00 bits per heavy atom. The summed E-state index contributed by atoms with van der Waals surface area (Å²) in [6.45, 7) is 7.05. The summed E-state index contributed by atoms with van der Waals surface area (Å²) in [6.07, 6.45) is 0.899. The smallest absolute Gasteiger partial charge is 0.318 e.